The third kappa shape index (κ3) is 7.66. The summed E-state index contributed by atoms with van der Waals surface area (Å²) in [6.45, 7) is 6.70. The Kier molecular flexibility index (Phi) is 7.56. The first kappa shape index (κ1) is 19.0. The smallest absolute Gasteiger partial charge is 0.356 e. The highest BCUT2D eigenvalue weighted by atomic mass is 19.4. The lowest BCUT2D eigenvalue weighted by molar-refractivity contribution is -0.135. The van der Waals surface area contributed by atoms with Gasteiger partial charge in [-0.3, -0.25) is 0 Å². The van der Waals surface area contributed by atoms with Gasteiger partial charge in [-0.1, -0.05) is 6.08 Å². The second-order valence-electron chi connectivity index (χ2n) is 5.06. The maximum atomic E-state index is 12.1. The van der Waals surface area contributed by atoms with E-state index in [1.807, 2.05) is 18.5 Å². The van der Waals surface area contributed by atoms with Crippen LogP contribution in [-0.4, -0.2) is 40.0 Å². The van der Waals surface area contributed by atoms with Gasteiger partial charge in [0.15, 0.2) is 11.8 Å². The Morgan fingerprint density at radius 2 is 2.04 bits per heavy atom. The topological polar surface area (TPSA) is 67.1 Å². The minimum atomic E-state index is -4.10. The van der Waals surface area contributed by atoms with E-state index in [2.05, 4.69) is 32.4 Å². The van der Waals surface area contributed by atoms with Crippen molar-refractivity contribution in [2.75, 3.05) is 13.1 Å². The third-order valence-electron chi connectivity index (χ3n) is 3.15. The second kappa shape index (κ2) is 9.16. The molecule has 6 nitrogen and oxygen atoms in total. The molecule has 0 saturated heterocycles. The molecule has 0 atom stereocenters. The molecule has 130 valence electrons. The zero-order chi connectivity index (χ0) is 17.3. The summed E-state index contributed by atoms with van der Waals surface area (Å²) in [5.41, 5.74) is 0. The van der Waals surface area contributed by atoms with Gasteiger partial charge in [0.1, 0.15) is 12.4 Å². The molecule has 0 spiro atoms. The predicted octanol–water partition coefficient (Wildman–Crippen LogP) is 2.08. The van der Waals surface area contributed by atoms with E-state index in [0.29, 0.717) is 37.8 Å². The molecule has 0 saturated carbocycles. The molecule has 0 aromatic carbocycles. The van der Waals surface area contributed by atoms with Crippen molar-refractivity contribution in [1.29, 1.82) is 0 Å². The van der Waals surface area contributed by atoms with Crippen LogP contribution >= 0.6 is 0 Å². The van der Waals surface area contributed by atoms with Crippen LogP contribution in [0.3, 0.4) is 0 Å². The largest absolute Gasteiger partial charge is 0.389 e. The fourth-order valence-corrected chi connectivity index (χ4v) is 1.74. The Balaban J connectivity index is 2.46. The molecular formula is C14H23F3N6. The number of aromatic nitrogens is 3. The minimum absolute atomic E-state index is 0.0910. The average molecular weight is 332 g/mol. The van der Waals surface area contributed by atoms with Crippen molar-refractivity contribution in [3.8, 4) is 0 Å². The summed E-state index contributed by atoms with van der Waals surface area (Å²) in [5.74, 6) is 2.01. The summed E-state index contributed by atoms with van der Waals surface area (Å²) in [4.78, 5) is 4.35. The van der Waals surface area contributed by atoms with Gasteiger partial charge in [-0.15, -0.1) is 16.8 Å². The predicted molar refractivity (Wildman–Crippen MR) is 83.0 cm³/mol. The summed E-state index contributed by atoms with van der Waals surface area (Å²) in [6.07, 6.45) is -2.68. The van der Waals surface area contributed by atoms with Gasteiger partial charge < -0.3 is 15.2 Å². The lowest BCUT2D eigenvalue weighted by Gasteiger charge is -2.11. The first-order valence-electron chi connectivity index (χ1n) is 7.38. The van der Waals surface area contributed by atoms with Gasteiger partial charge in [0.2, 0.25) is 0 Å². The van der Waals surface area contributed by atoms with Gasteiger partial charge in [-0.2, -0.15) is 13.2 Å². The van der Waals surface area contributed by atoms with Gasteiger partial charge in [0, 0.05) is 26.6 Å². The number of aliphatic imine (C=N–C) groups is 1. The number of hydrogen-bond donors (Lipinski definition) is 2. The number of nitrogens with zero attached hydrogens (tertiary/aromatic N) is 4. The standard InChI is InChI=1S/C14H23F3N6/c1-4-8-18-13(19-9-6-5-7-14(15,16)17)20-10-12-22-21-11(2)23(12)3/h4H,1,5-10H2,2-3H3,(H2,18,19,20). The van der Waals surface area contributed by atoms with E-state index in [1.165, 1.54) is 0 Å². The quantitative estimate of drug-likeness (QED) is 0.331. The van der Waals surface area contributed by atoms with Crippen molar-refractivity contribution in [1.82, 2.24) is 25.4 Å². The molecule has 1 aromatic rings. The van der Waals surface area contributed by atoms with E-state index in [9.17, 15) is 13.2 Å². The summed E-state index contributed by atoms with van der Waals surface area (Å²) in [7, 11) is 1.85. The van der Waals surface area contributed by atoms with Crippen LogP contribution in [0.4, 0.5) is 13.2 Å². The Morgan fingerprint density at radius 3 is 2.61 bits per heavy atom. The van der Waals surface area contributed by atoms with Crippen molar-refractivity contribution in [3.63, 3.8) is 0 Å². The molecule has 0 unspecified atom stereocenters. The molecule has 0 aliphatic carbocycles. The van der Waals surface area contributed by atoms with E-state index in [1.54, 1.807) is 6.08 Å². The highest BCUT2D eigenvalue weighted by Gasteiger charge is 2.25. The summed E-state index contributed by atoms with van der Waals surface area (Å²) in [5, 5.41) is 14.0. The fraction of sp³-hybridized carbons (Fsp3) is 0.643. The van der Waals surface area contributed by atoms with E-state index < -0.39 is 12.6 Å². The summed E-state index contributed by atoms with van der Waals surface area (Å²) < 4.78 is 38.1. The van der Waals surface area contributed by atoms with Crippen molar-refractivity contribution >= 4 is 5.96 Å². The van der Waals surface area contributed by atoms with Gasteiger partial charge >= 0.3 is 6.18 Å². The maximum absolute atomic E-state index is 12.1. The van der Waals surface area contributed by atoms with Crippen molar-refractivity contribution in [3.05, 3.63) is 24.3 Å². The normalized spacial score (nSPS) is 12.3. The minimum Gasteiger partial charge on any atom is -0.356 e. The van der Waals surface area contributed by atoms with E-state index >= 15 is 0 Å². The average Bonchev–Trinajstić information content (AvgIpc) is 2.79. The van der Waals surface area contributed by atoms with Crippen LogP contribution < -0.4 is 10.6 Å². The Bertz CT molecular complexity index is 521. The fourth-order valence-electron chi connectivity index (χ4n) is 1.74. The first-order chi connectivity index (χ1) is 10.8. The Labute approximate surface area is 133 Å². The number of alkyl halides is 3. The third-order valence-corrected chi connectivity index (χ3v) is 3.15. The lowest BCUT2D eigenvalue weighted by atomic mass is 10.2. The number of nitrogens with one attached hydrogen (secondary N) is 2. The van der Waals surface area contributed by atoms with E-state index in [4.69, 9.17) is 0 Å². The van der Waals surface area contributed by atoms with Crippen molar-refractivity contribution in [2.24, 2.45) is 12.0 Å². The van der Waals surface area contributed by atoms with Crippen molar-refractivity contribution < 1.29 is 13.2 Å². The molecule has 0 fully saturated rings. The summed E-state index contributed by atoms with van der Waals surface area (Å²) in [6, 6.07) is 0. The molecule has 0 bridgehead atoms. The molecule has 2 N–H and O–H groups in total. The maximum Gasteiger partial charge on any atom is 0.389 e. The second-order valence-corrected chi connectivity index (χ2v) is 5.06. The van der Waals surface area contributed by atoms with Gasteiger partial charge in [0.25, 0.3) is 0 Å². The van der Waals surface area contributed by atoms with E-state index in [-0.39, 0.29) is 6.42 Å². The molecule has 1 heterocycles. The van der Waals surface area contributed by atoms with Crippen LogP contribution in [0.5, 0.6) is 0 Å². The number of unbranched alkanes of at least 4 members (excludes halogenated alkanes) is 1. The van der Waals surface area contributed by atoms with Gasteiger partial charge in [-0.25, -0.2) is 4.99 Å². The molecule has 1 aromatic heterocycles. The van der Waals surface area contributed by atoms with Crippen LogP contribution in [0, 0.1) is 6.92 Å². The van der Waals surface area contributed by atoms with Crippen LogP contribution in [0.15, 0.2) is 17.6 Å². The van der Waals surface area contributed by atoms with Crippen LogP contribution in [0.1, 0.15) is 30.9 Å². The van der Waals surface area contributed by atoms with Crippen LogP contribution in [-0.2, 0) is 13.6 Å². The Hall–Kier alpha value is -2.06. The number of halogens is 3. The van der Waals surface area contributed by atoms with Crippen LogP contribution in [0.2, 0.25) is 0 Å². The molecular weight excluding hydrogens is 309 g/mol. The number of rotatable bonds is 8. The number of hydrogen-bond acceptors (Lipinski definition) is 3. The van der Waals surface area contributed by atoms with Gasteiger partial charge in [-0.05, 0) is 19.8 Å². The highest BCUT2D eigenvalue weighted by molar-refractivity contribution is 5.79. The molecule has 9 heteroatoms. The van der Waals surface area contributed by atoms with Crippen molar-refractivity contribution in [2.45, 2.75) is 38.9 Å². The van der Waals surface area contributed by atoms with E-state index in [0.717, 1.165) is 5.82 Å². The monoisotopic (exact) mass is 332 g/mol. The SMILES string of the molecule is C=CCNC(=NCc1nnc(C)n1C)NCCCCC(F)(F)F. The zero-order valence-corrected chi connectivity index (χ0v) is 13.4. The summed E-state index contributed by atoms with van der Waals surface area (Å²) >= 11 is 0. The first-order valence-corrected chi connectivity index (χ1v) is 7.38. The van der Waals surface area contributed by atoms with Crippen LogP contribution in [0.25, 0.3) is 0 Å². The molecule has 0 amide bonds. The highest BCUT2D eigenvalue weighted by Crippen LogP contribution is 2.21. The molecule has 23 heavy (non-hydrogen) atoms. The molecule has 0 radical (unpaired) electrons. The Morgan fingerprint density at radius 1 is 1.30 bits per heavy atom. The molecule has 0 aliphatic heterocycles. The molecule has 0 aliphatic rings. The number of aryl methyl sites for hydroxylation is 1. The zero-order valence-electron chi connectivity index (χ0n) is 13.4. The molecule has 1 rings (SSSR count). The number of guanidine groups is 1. The van der Waals surface area contributed by atoms with Gasteiger partial charge in [0.05, 0.1) is 0 Å². The lowest BCUT2D eigenvalue weighted by Crippen LogP contribution is -2.38.